The van der Waals surface area contributed by atoms with E-state index in [9.17, 15) is 14.4 Å². The second-order valence-electron chi connectivity index (χ2n) is 5.59. The lowest BCUT2D eigenvalue weighted by molar-refractivity contribution is -0.160. The Labute approximate surface area is 122 Å². The summed E-state index contributed by atoms with van der Waals surface area (Å²) in [6.45, 7) is 3.94. The molecular weight excluding hydrogens is 278 g/mol. The van der Waals surface area contributed by atoms with Gasteiger partial charge in [0.05, 0.1) is 19.5 Å². The van der Waals surface area contributed by atoms with Crippen molar-refractivity contribution in [3.8, 4) is 0 Å². The number of nitrogens with zero attached hydrogens (tertiary/aromatic N) is 1. The number of rotatable bonds is 6. The second-order valence-corrected chi connectivity index (χ2v) is 5.59. The minimum atomic E-state index is -0.735. The summed E-state index contributed by atoms with van der Waals surface area (Å²) in [6, 6.07) is -0.735. The van der Waals surface area contributed by atoms with E-state index in [0.717, 1.165) is 0 Å². The van der Waals surface area contributed by atoms with Crippen LogP contribution in [0, 0.1) is 5.92 Å². The largest absolute Gasteiger partial charge is 0.461 e. The van der Waals surface area contributed by atoms with Crippen LogP contribution in [0.5, 0.6) is 0 Å². The first-order chi connectivity index (χ1) is 9.92. The van der Waals surface area contributed by atoms with Gasteiger partial charge in [0.25, 0.3) is 0 Å². The molecule has 2 saturated heterocycles. The number of hydrogen-bond donors (Lipinski definition) is 2. The van der Waals surface area contributed by atoms with Crippen molar-refractivity contribution in [1.82, 2.24) is 10.2 Å². The number of amides is 2. The SMILES string of the molecule is CC(C)C(NC(=O)CN)C(=O)OCC1CN2C(=O)CC2O1. The average molecular weight is 299 g/mol. The van der Waals surface area contributed by atoms with Gasteiger partial charge in [0, 0.05) is 0 Å². The van der Waals surface area contributed by atoms with Crippen LogP contribution in [0.1, 0.15) is 20.3 Å². The van der Waals surface area contributed by atoms with E-state index in [1.165, 1.54) is 0 Å². The third kappa shape index (κ3) is 3.51. The van der Waals surface area contributed by atoms with Crippen LogP contribution in [0.25, 0.3) is 0 Å². The predicted octanol–water partition coefficient (Wildman–Crippen LogP) is -1.41. The molecule has 118 valence electrons. The van der Waals surface area contributed by atoms with Crippen molar-refractivity contribution in [3.05, 3.63) is 0 Å². The zero-order valence-electron chi connectivity index (χ0n) is 12.2. The number of fused-ring (bicyclic) bond motifs is 1. The maximum Gasteiger partial charge on any atom is 0.328 e. The van der Waals surface area contributed by atoms with E-state index in [2.05, 4.69) is 5.32 Å². The highest BCUT2D eigenvalue weighted by atomic mass is 16.6. The molecule has 0 bridgehead atoms. The number of nitrogens with two attached hydrogens (primary N) is 1. The molecule has 2 rings (SSSR count). The molecule has 8 heteroatoms. The van der Waals surface area contributed by atoms with Gasteiger partial charge in [0.15, 0.2) is 0 Å². The van der Waals surface area contributed by atoms with Crippen molar-refractivity contribution < 1.29 is 23.9 Å². The first-order valence-electron chi connectivity index (χ1n) is 7.03. The van der Waals surface area contributed by atoms with Crippen LogP contribution in [0.4, 0.5) is 0 Å². The van der Waals surface area contributed by atoms with Crippen molar-refractivity contribution in [2.75, 3.05) is 19.7 Å². The van der Waals surface area contributed by atoms with Crippen LogP contribution in [-0.2, 0) is 23.9 Å². The summed E-state index contributed by atoms with van der Waals surface area (Å²) in [7, 11) is 0. The van der Waals surface area contributed by atoms with E-state index < -0.39 is 17.9 Å². The second kappa shape index (κ2) is 6.40. The maximum atomic E-state index is 12.0. The fourth-order valence-electron chi connectivity index (χ4n) is 2.34. The number of ether oxygens (including phenoxy) is 2. The van der Waals surface area contributed by atoms with Gasteiger partial charge in [-0.3, -0.25) is 9.59 Å². The highest BCUT2D eigenvalue weighted by molar-refractivity contribution is 5.85. The Hall–Kier alpha value is -1.67. The smallest absolute Gasteiger partial charge is 0.328 e. The maximum absolute atomic E-state index is 12.0. The van der Waals surface area contributed by atoms with Gasteiger partial charge in [0.2, 0.25) is 11.8 Å². The summed E-state index contributed by atoms with van der Waals surface area (Å²) in [4.78, 5) is 36.2. The normalized spacial score (nSPS) is 25.3. The fourth-order valence-corrected chi connectivity index (χ4v) is 2.34. The number of hydrogen-bond acceptors (Lipinski definition) is 6. The highest BCUT2D eigenvalue weighted by Gasteiger charge is 2.45. The molecule has 0 aromatic rings. The molecule has 3 atom stereocenters. The summed E-state index contributed by atoms with van der Waals surface area (Å²) >= 11 is 0. The molecule has 3 unspecified atom stereocenters. The molecule has 2 aliphatic heterocycles. The van der Waals surface area contributed by atoms with E-state index in [1.807, 2.05) is 0 Å². The zero-order valence-corrected chi connectivity index (χ0v) is 12.2. The fraction of sp³-hybridized carbons (Fsp3) is 0.769. The Morgan fingerprint density at radius 2 is 2.24 bits per heavy atom. The van der Waals surface area contributed by atoms with Crippen LogP contribution < -0.4 is 11.1 Å². The number of carbonyl (C=O) groups excluding carboxylic acids is 3. The monoisotopic (exact) mass is 299 g/mol. The lowest BCUT2D eigenvalue weighted by Crippen LogP contribution is -2.48. The van der Waals surface area contributed by atoms with Crippen molar-refractivity contribution in [2.24, 2.45) is 11.7 Å². The molecule has 0 radical (unpaired) electrons. The van der Waals surface area contributed by atoms with Gasteiger partial charge in [0.1, 0.15) is 25.0 Å². The van der Waals surface area contributed by atoms with Crippen molar-refractivity contribution in [2.45, 2.75) is 38.6 Å². The quantitative estimate of drug-likeness (QED) is 0.460. The van der Waals surface area contributed by atoms with Gasteiger partial charge >= 0.3 is 5.97 Å². The lowest BCUT2D eigenvalue weighted by atomic mass is 10.0. The Morgan fingerprint density at radius 3 is 2.76 bits per heavy atom. The Kier molecular flexibility index (Phi) is 4.79. The molecule has 2 aliphatic rings. The van der Waals surface area contributed by atoms with E-state index in [4.69, 9.17) is 15.2 Å². The molecule has 8 nitrogen and oxygen atoms in total. The van der Waals surface area contributed by atoms with Crippen LogP contribution in [0.3, 0.4) is 0 Å². The van der Waals surface area contributed by atoms with Gasteiger partial charge in [-0.05, 0) is 5.92 Å². The highest BCUT2D eigenvalue weighted by Crippen LogP contribution is 2.28. The topological polar surface area (TPSA) is 111 Å². The number of carbonyl (C=O) groups is 3. The number of nitrogens with one attached hydrogen (secondary N) is 1. The van der Waals surface area contributed by atoms with E-state index in [1.54, 1.807) is 18.7 Å². The zero-order chi connectivity index (χ0) is 15.6. The molecule has 0 aliphatic carbocycles. The van der Waals surface area contributed by atoms with Gasteiger partial charge in [-0.2, -0.15) is 0 Å². The van der Waals surface area contributed by atoms with Crippen LogP contribution in [-0.4, -0.2) is 60.8 Å². The Bertz CT molecular complexity index is 440. The lowest BCUT2D eigenvalue weighted by Gasteiger charge is -2.31. The van der Waals surface area contributed by atoms with Crippen molar-refractivity contribution >= 4 is 17.8 Å². The molecule has 0 saturated carbocycles. The van der Waals surface area contributed by atoms with Crippen LogP contribution >= 0.6 is 0 Å². The van der Waals surface area contributed by atoms with Crippen LogP contribution in [0.15, 0.2) is 0 Å². The van der Waals surface area contributed by atoms with E-state index in [-0.39, 0.29) is 37.3 Å². The van der Waals surface area contributed by atoms with E-state index >= 15 is 0 Å². The van der Waals surface area contributed by atoms with Gasteiger partial charge in [-0.15, -0.1) is 0 Å². The molecule has 2 heterocycles. The molecule has 21 heavy (non-hydrogen) atoms. The summed E-state index contributed by atoms with van der Waals surface area (Å²) in [6.07, 6.45) is -0.0755. The van der Waals surface area contributed by atoms with E-state index in [0.29, 0.717) is 13.0 Å². The Morgan fingerprint density at radius 1 is 1.52 bits per heavy atom. The minimum Gasteiger partial charge on any atom is -0.461 e. The molecule has 2 fully saturated rings. The first kappa shape index (κ1) is 15.7. The third-order valence-corrected chi connectivity index (χ3v) is 3.60. The standard InChI is InChI=1S/C13H21N3O5/c1-7(2)12(15-9(17)4-14)13(19)20-6-8-5-16-10(18)3-11(16)21-8/h7-8,11-12H,3-6,14H2,1-2H3,(H,15,17). The molecule has 0 aromatic heterocycles. The van der Waals surface area contributed by atoms with Crippen molar-refractivity contribution in [3.63, 3.8) is 0 Å². The summed E-state index contributed by atoms with van der Waals surface area (Å²) in [5.74, 6) is -0.975. The first-order valence-corrected chi connectivity index (χ1v) is 7.03. The van der Waals surface area contributed by atoms with Crippen LogP contribution in [0.2, 0.25) is 0 Å². The average Bonchev–Trinajstić information content (AvgIpc) is 2.78. The number of esters is 1. The molecule has 2 amide bonds. The van der Waals surface area contributed by atoms with Gasteiger partial charge in [-0.25, -0.2) is 4.79 Å². The summed E-state index contributed by atoms with van der Waals surface area (Å²) in [5.41, 5.74) is 5.22. The predicted molar refractivity (Wildman–Crippen MR) is 71.8 cm³/mol. The molecular formula is C13H21N3O5. The molecule has 3 N–H and O–H groups in total. The minimum absolute atomic E-state index is 0.0593. The van der Waals surface area contributed by atoms with Gasteiger partial charge in [-0.1, -0.05) is 13.8 Å². The number of β-lactam (4-membered cyclic amide) rings is 1. The Balaban J connectivity index is 1.79. The van der Waals surface area contributed by atoms with Gasteiger partial charge < -0.3 is 25.4 Å². The third-order valence-electron chi connectivity index (χ3n) is 3.60. The summed E-state index contributed by atoms with van der Waals surface area (Å²) < 4.78 is 10.7. The van der Waals surface area contributed by atoms with Crippen molar-refractivity contribution in [1.29, 1.82) is 0 Å². The molecule has 0 aromatic carbocycles. The summed E-state index contributed by atoms with van der Waals surface area (Å²) in [5, 5.41) is 2.53. The molecule has 0 spiro atoms.